The summed E-state index contributed by atoms with van der Waals surface area (Å²) in [4.78, 5) is 32.0. The monoisotopic (exact) mass is 656 g/mol. The van der Waals surface area contributed by atoms with Crippen molar-refractivity contribution in [3.05, 3.63) is 121 Å². The van der Waals surface area contributed by atoms with Crippen LogP contribution in [0.15, 0.2) is 121 Å². The average molecular weight is 655 g/mol. The smallest absolute Gasteiger partial charge is 0.106 e. The van der Waals surface area contributed by atoms with Crippen molar-refractivity contribution in [1.29, 1.82) is 0 Å². The molecule has 5 rings (SSSR count). The van der Waals surface area contributed by atoms with Crippen LogP contribution in [-0.2, 0) is 40.2 Å². The summed E-state index contributed by atoms with van der Waals surface area (Å²) in [5.74, 6) is 0. The second-order valence-corrected chi connectivity index (χ2v) is 13.0. The minimum Gasteiger partial charge on any atom is -0.307 e. The van der Waals surface area contributed by atoms with Gasteiger partial charge in [-0.1, -0.05) is 128 Å². The third kappa shape index (κ3) is 10.3. The van der Waals surface area contributed by atoms with Gasteiger partial charge in [-0.05, 0) is 61.2 Å². The first-order valence-corrected chi connectivity index (χ1v) is 15.2. The summed E-state index contributed by atoms with van der Waals surface area (Å²) in [6.07, 6.45) is 4.00. The van der Waals surface area contributed by atoms with Gasteiger partial charge in [0, 0.05) is 21.1 Å². The quantitative estimate of drug-likeness (QED) is 0.206. The number of hydrogen-bond acceptors (Lipinski definition) is 4. The van der Waals surface area contributed by atoms with E-state index in [0.29, 0.717) is 11.3 Å². The van der Waals surface area contributed by atoms with Crippen molar-refractivity contribution < 1.29 is 40.2 Å². The molecule has 1 aliphatic carbocycles. The molecule has 4 aromatic rings. The van der Waals surface area contributed by atoms with Crippen molar-refractivity contribution in [2.75, 3.05) is 0 Å². The Balaban J connectivity index is 0.00000156. The Bertz CT molecular complexity index is 978. The van der Waals surface area contributed by atoms with Crippen LogP contribution in [0.2, 0.25) is 0 Å². The van der Waals surface area contributed by atoms with Gasteiger partial charge in [0.05, 0.1) is 0 Å². The summed E-state index contributed by atoms with van der Waals surface area (Å²) >= 11 is 0. The van der Waals surface area contributed by atoms with Gasteiger partial charge in [0.1, 0.15) is 27.2 Å². The Kier molecular flexibility index (Phi) is 21.2. The van der Waals surface area contributed by atoms with Crippen LogP contribution in [0, 0.1) is 0 Å². The van der Waals surface area contributed by atoms with E-state index in [9.17, 15) is 0 Å². The van der Waals surface area contributed by atoms with Crippen LogP contribution in [0.4, 0.5) is 0 Å². The van der Waals surface area contributed by atoms with Crippen LogP contribution >= 0.6 is 15.8 Å². The van der Waals surface area contributed by atoms with E-state index in [-0.39, 0.29) is 36.9 Å². The zero-order valence-corrected chi connectivity index (χ0v) is 26.4. The Morgan fingerprint density at radius 1 is 0.400 bits per heavy atom. The molecular formula is C33H36MoO4P2. The second-order valence-electron chi connectivity index (χ2n) is 8.15. The number of carbonyl (C=O) groups is 4. The van der Waals surface area contributed by atoms with Gasteiger partial charge in [-0.2, -0.15) is 0 Å². The number of rotatable bonds is 6. The SMILES string of the molecule is C=O.C=O.C=O.C=O.[Mo].c1ccc(P(c2ccccc2)[C@@H]2CCC[C@H]2P(c2ccccc2)c2ccccc2)cc1. The average Bonchev–Trinajstić information content (AvgIpc) is 3.52. The molecule has 40 heavy (non-hydrogen) atoms. The fourth-order valence-electron chi connectivity index (χ4n) is 4.94. The van der Waals surface area contributed by atoms with Crippen LogP contribution in [0.3, 0.4) is 0 Å². The van der Waals surface area contributed by atoms with Crippen LogP contribution < -0.4 is 21.2 Å². The van der Waals surface area contributed by atoms with Crippen molar-refractivity contribution in [1.82, 2.24) is 0 Å². The van der Waals surface area contributed by atoms with Gasteiger partial charge in [-0.25, -0.2) is 0 Å². The van der Waals surface area contributed by atoms with E-state index < -0.39 is 0 Å². The summed E-state index contributed by atoms with van der Waals surface area (Å²) in [7, 11) is -0.777. The molecule has 0 spiro atoms. The Morgan fingerprint density at radius 2 is 0.600 bits per heavy atom. The predicted octanol–water partition coefficient (Wildman–Crippen LogP) is 5.43. The molecule has 0 aromatic heterocycles. The maximum atomic E-state index is 8.00. The van der Waals surface area contributed by atoms with Gasteiger partial charge in [-0.15, -0.1) is 0 Å². The third-order valence-electron chi connectivity index (χ3n) is 6.24. The topological polar surface area (TPSA) is 68.3 Å². The Labute approximate surface area is 255 Å². The first-order valence-electron chi connectivity index (χ1n) is 12.4. The van der Waals surface area contributed by atoms with Crippen LogP contribution in [0.5, 0.6) is 0 Å². The van der Waals surface area contributed by atoms with Crippen molar-refractivity contribution >= 4 is 64.2 Å². The molecule has 0 bridgehead atoms. The maximum Gasteiger partial charge on any atom is 0.106 e. The molecule has 0 N–H and O–H groups in total. The molecule has 208 valence electrons. The van der Waals surface area contributed by atoms with Gasteiger partial charge in [0.25, 0.3) is 0 Å². The van der Waals surface area contributed by atoms with E-state index in [1.54, 1.807) is 0 Å². The summed E-state index contributed by atoms with van der Waals surface area (Å²) < 4.78 is 0. The first-order chi connectivity index (χ1) is 19.4. The van der Waals surface area contributed by atoms with E-state index in [4.69, 9.17) is 19.2 Å². The van der Waals surface area contributed by atoms with Gasteiger partial charge in [0.2, 0.25) is 0 Å². The largest absolute Gasteiger partial charge is 0.307 e. The normalized spacial score (nSPS) is 14.8. The summed E-state index contributed by atoms with van der Waals surface area (Å²) in [6.45, 7) is 8.00. The van der Waals surface area contributed by atoms with Crippen molar-refractivity contribution in [2.24, 2.45) is 0 Å². The number of hydrogen-bond donors (Lipinski definition) is 0. The van der Waals surface area contributed by atoms with E-state index in [1.807, 2.05) is 27.2 Å². The van der Waals surface area contributed by atoms with E-state index in [1.165, 1.54) is 40.5 Å². The Hall–Kier alpha value is -2.89. The molecule has 2 atom stereocenters. The summed E-state index contributed by atoms with van der Waals surface area (Å²) in [5, 5.41) is 6.10. The summed E-state index contributed by atoms with van der Waals surface area (Å²) in [5.41, 5.74) is 1.43. The number of benzene rings is 4. The van der Waals surface area contributed by atoms with Crippen LogP contribution in [0.1, 0.15) is 19.3 Å². The van der Waals surface area contributed by atoms with Crippen molar-refractivity contribution in [3.63, 3.8) is 0 Å². The third-order valence-corrected chi connectivity index (χ3v) is 12.5. The van der Waals surface area contributed by atoms with Crippen LogP contribution in [0.25, 0.3) is 0 Å². The first kappa shape index (κ1) is 37.1. The molecule has 1 fully saturated rings. The van der Waals surface area contributed by atoms with Gasteiger partial charge < -0.3 is 19.2 Å². The molecule has 1 aliphatic rings. The molecular weight excluding hydrogens is 618 g/mol. The van der Waals surface area contributed by atoms with Crippen LogP contribution in [-0.4, -0.2) is 38.5 Å². The maximum absolute atomic E-state index is 8.00. The molecule has 0 unspecified atom stereocenters. The van der Waals surface area contributed by atoms with Crippen molar-refractivity contribution in [2.45, 2.75) is 30.6 Å². The molecule has 0 aliphatic heterocycles. The summed E-state index contributed by atoms with van der Waals surface area (Å²) in [6, 6.07) is 45.2. The standard InChI is InChI=1S/C29H28P2.4CH2O.Mo/c1-5-14-24(15-6-1)30(25-16-7-2-8-17-25)28-22-13-23-29(28)31(26-18-9-3-10-19-26)27-20-11-4-12-21-27;4*1-2;/h1-12,14-21,28-29H,13,22-23H2;4*1H2;/t28-,29-;;;;;/m1...../s1. The second kappa shape index (κ2) is 22.9. The molecule has 4 nitrogen and oxygen atoms in total. The van der Waals surface area contributed by atoms with E-state index in [0.717, 1.165) is 0 Å². The molecule has 1 saturated carbocycles. The van der Waals surface area contributed by atoms with Gasteiger partial charge >= 0.3 is 0 Å². The predicted molar refractivity (Wildman–Crippen MR) is 168 cm³/mol. The zero-order valence-electron chi connectivity index (χ0n) is 22.6. The van der Waals surface area contributed by atoms with Crippen molar-refractivity contribution in [3.8, 4) is 0 Å². The van der Waals surface area contributed by atoms with Gasteiger partial charge in [-0.3, -0.25) is 0 Å². The minimum atomic E-state index is -0.388. The molecule has 4 aromatic carbocycles. The molecule has 7 heteroatoms. The fourth-order valence-corrected chi connectivity index (χ4v) is 11.7. The van der Waals surface area contributed by atoms with E-state index >= 15 is 0 Å². The minimum absolute atomic E-state index is 0. The zero-order chi connectivity index (χ0) is 28.9. The van der Waals surface area contributed by atoms with E-state index in [2.05, 4.69) is 121 Å². The molecule has 0 radical (unpaired) electrons. The molecule has 0 amide bonds. The van der Waals surface area contributed by atoms with Gasteiger partial charge in [0.15, 0.2) is 0 Å². The fraction of sp³-hybridized carbons (Fsp3) is 0.152. The molecule has 0 heterocycles. The molecule has 0 saturated heterocycles. The Morgan fingerprint density at radius 3 is 0.800 bits per heavy atom. The number of carbonyl (C=O) groups excluding carboxylic acids is 4.